The first kappa shape index (κ1) is 15.7. The Kier molecular flexibility index (Phi) is 4.88. The molecule has 0 radical (unpaired) electrons. The third-order valence-corrected chi connectivity index (χ3v) is 9.13. The molecule has 1 aromatic rings. The van der Waals surface area contributed by atoms with E-state index in [-0.39, 0.29) is 6.04 Å². The number of sulfonamides is 1. The first-order chi connectivity index (χ1) is 10.1. The van der Waals surface area contributed by atoms with Crippen molar-refractivity contribution < 1.29 is 8.42 Å². The minimum Gasteiger partial charge on any atom is -0.207 e. The van der Waals surface area contributed by atoms with Crippen LogP contribution in [-0.4, -0.2) is 41.4 Å². The smallest absolute Gasteiger partial charge is 0.207 e. The summed E-state index contributed by atoms with van der Waals surface area (Å²) in [6.45, 7) is 2.64. The Hall–Kier alpha value is -0.170. The summed E-state index contributed by atoms with van der Waals surface area (Å²) in [6.07, 6.45) is 3.21. The van der Waals surface area contributed by atoms with Crippen molar-refractivity contribution in [1.29, 1.82) is 0 Å². The second-order valence-electron chi connectivity index (χ2n) is 5.60. The summed E-state index contributed by atoms with van der Waals surface area (Å²) in [5, 5.41) is 0. The first-order valence-corrected chi connectivity index (χ1v) is 10.9. The molecule has 1 atom stereocenters. The lowest BCUT2D eigenvalue weighted by molar-refractivity contribution is 0.404. The molecule has 2 fully saturated rings. The quantitative estimate of drug-likeness (QED) is 0.843. The van der Waals surface area contributed by atoms with E-state index in [2.05, 4.69) is 0 Å². The van der Waals surface area contributed by atoms with Gasteiger partial charge in [0.15, 0.2) is 0 Å². The average Bonchev–Trinajstić information content (AvgIpc) is 2.99. The van der Waals surface area contributed by atoms with E-state index in [0.29, 0.717) is 16.0 Å². The Morgan fingerprint density at radius 2 is 1.76 bits per heavy atom. The molecule has 0 unspecified atom stereocenters. The predicted molar refractivity (Wildman–Crippen MR) is 91.4 cm³/mol. The van der Waals surface area contributed by atoms with Gasteiger partial charge in [-0.1, -0.05) is 17.7 Å². The first-order valence-electron chi connectivity index (χ1n) is 7.41. The Bertz CT molecular complexity index is 579. The molecule has 2 aliphatic rings. The van der Waals surface area contributed by atoms with Gasteiger partial charge in [-0.05, 0) is 49.8 Å². The van der Waals surface area contributed by atoms with Gasteiger partial charge in [0.25, 0.3) is 0 Å². The highest BCUT2D eigenvalue weighted by atomic mass is 32.2. The van der Waals surface area contributed by atoms with Gasteiger partial charge in [0, 0.05) is 12.6 Å². The molecule has 0 aliphatic carbocycles. The fourth-order valence-corrected chi connectivity index (χ4v) is 8.01. The van der Waals surface area contributed by atoms with Gasteiger partial charge in [-0.2, -0.15) is 4.31 Å². The summed E-state index contributed by atoms with van der Waals surface area (Å²) in [7, 11) is -3.35. The van der Waals surface area contributed by atoms with Crippen molar-refractivity contribution in [2.45, 2.75) is 41.7 Å². The van der Waals surface area contributed by atoms with Gasteiger partial charge in [-0.15, -0.1) is 23.5 Å². The van der Waals surface area contributed by atoms with Crippen molar-refractivity contribution in [2.75, 3.05) is 18.1 Å². The number of hydrogen-bond donors (Lipinski definition) is 0. The van der Waals surface area contributed by atoms with Crippen molar-refractivity contribution in [3.63, 3.8) is 0 Å². The number of aryl methyl sites for hydroxylation is 1. The van der Waals surface area contributed by atoms with E-state index in [4.69, 9.17) is 0 Å². The molecule has 0 aromatic heterocycles. The van der Waals surface area contributed by atoms with Gasteiger partial charge in [0.1, 0.15) is 0 Å². The minimum absolute atomic E-state index is 0.159. The zero-order chi connectivity index (χ0) is 14.9. The fraction of sp³-hybridized carbons (Fsp3) is 0.600. The lowest BCUT2D eigenvalue weighted by Gasteiger charge is -2.32. The number of rotatable bonds is 3. The molecule has 21 heavy (non-hydrogen) atoms. The van der Waals surface area contributed by atoms with Crippen molar-refractivity contribution in [3.05, 3.63) is 29.8 Å². The van der Waals surface area contributed by atoms with E-state index in [1.807, 2.05) is 42.6 Å². The maximum atomic E-state index is 12.9. The maximum Gasteiger partial charge on any atom is 0.243 e. The van der Waals surface area contributed by atoms with Crippen LogP contribution < -0.4 is 0 Å². The van der Waals surface area contributed by atoms with Crippen LogP contribution in [0.25, 0.3) is 0 Å². The van der Waals surface area contributed by atoms with Crippen molar-refractivity contribution in [1.82, 2.24) is 4.31 Å². The van der Waals surface area contributed by atoms with E-state index >= 15 is 0 Å². The molecule has 0 bridgehead atoms. The average molecular weight is 344 g/mol. The summed E-state index contributed by atoms with van der Waals surface area (Å²) in [5.41, 5.74) is 1.09. The van der Waals surface area contributed by atoms with E-state index < -0.39 is 10.0 Å². The largest absolute Gasteiger partial charge is 0.243 e. The minimum atomic E-state index is -3.35. The number of nitrogens with zero attached hydrogens (tertiary/aromatic N) is 1. The molecule has 6 heteroatoms. The molecule has 2 aliphatic heterocycles. The molecule has 116 valence electrons. The van der Waals surface area contributed by atoms with Crippen molar-refractivity contribution >= 4 is 33.5 Å². The van der Waals surface area contributed by atoms with E-state index in [9.17, 15) is 8.42 Å². The van der Waals surface area contributed by atoms with Gasteiger partial charge >= 0.3 is 0 Å². The normalized spacial score (nSPS) is 25.3. The second-order valence-corrected chi connectivity index (χ2v) is 10.3. The molecular weight excluding hydrogens is 322 g/mol. The van der Waals surface area contributed by atoms with Gasteiger partial charge in [-0.3, -0.25) is 0 Å². The number of hydrogen-bond acceptors (Lipinski definition) is 4. The van der Waals surface area contributed by atoms with Gasteiger partial charge in [-0.25, -0.2) is 8.42 Å². The lowest BCUT2D eigenvalue weighted by Crippen LogP contribution is -2.41. The van der Waals surface area contributed by atoms with Crippen LogP contribution in [0.3, 0.4) is 0 Å². The van der Waals surface area contributed by atoms with Crippen LogP contribution in [0.2, 0.25) is 0 Å². The zero-order valence-corrected chi connectivity index (χ0v) is 14.6. The van der Waals surface area contributed by atoms with E-state index in [1.54, 1.807) is 16.4 Å². The zero-order valence-electron chi connectivity index (χ0n) is 12.2. The molecule has 2 heterocycles. The van der Waals surface area contributed by atoms with E-state index in [0.717, 1.165) is 29.9 Å². The van der Waals surface area contributed by atoms with Crippen LogP contribution in [0.5, 0.6) is 0 Å². The molecule has 0 spiro atoms. The Balaban J connectivity index is 1.84. The summed E-state index contributed by atoms with van der Waals surface area (Å²) in [4.78, 5) is 0.436. The van der Waals surface area contributed by atoms with Gasteiger partial charge in [0.2, 0.25) is 10.0 Å². The van der Waals surface area contributed by atoms with Crippen LogP contribution in [0.1, 0.15) is 24.8 Å². The summed E-state index contributed by atoms with van der Waals surface area (Å²) in [5.74, 6) is 2.32. The second kappa shape index (κ2) is 6.52. The van der Waals surface area contributed by atoms with Crippen LogP contribution in [0.4, 0.5) is 0 Å². The van der Waals surface area contributed by atoms with Crippen molar-refractivity contribution in [2.24, 2.45) is 0 Å². The highest BCUT2D eigenvalue weighted by molar-refractivity contribution is 8.17. The standard InChI is InChI=1S/C15H21NO2S3/c1-12-5-7-13(8-6-12)21(17,18)16-9-2-4-14(16)15-19-10-3-11-20-15/h5-8,14-15H,2-4,9-11H2,1H3/t14-/m0/s1. The molecule has 2 saturated heterocycles. The highest BCUT2D eigenvalue weighted by Gasteiger charge is 2.40. The van der Waals surface area contributed by atoms with E-state index in [1.165, 1.54) is 6.42 Å². The highest BCUT2D eigenvalue weighted by Crippen LogP contribution is 2.40. The van der Waals surface area contributed by atoms with Gasteiger partial charge in [0.05, 0.1) is 9.48 Å². The lowest BCUT2D eigenvalue weighted by atomic mass is 10.2. The molecular formula is C15H21NO2S3. The third kappa shape index (κ3) is 3.28. The summed E-state index contributed by atoms with van der Waals surface area (Å²) < 4.78 is 28.0. The maximum absolute atomic E-state index is 12.9. The summed E-state index contributed by atoms with van der Waals surface area (Å²) >= 11 is 3.87. The SMILES string of the molecule is Cc1ccc(S(=O)(=O)N2CCC[C@H]2C2SCCCS2)cc1. The van der Waals surface area contributed by atoms with Crippen LogP contribution in [0.15, 0.2) is 29.2 Å². The van der Waals surface area contributed by atoms with Crippen LogP contribution in [-0.2, 0) is 10.0 Å². The topological polar surface area (TPSA) is 37.4 Å². The molecule has 0 amide bonds. The monoisotopic (exact) mass is 343 g/mol. The van der Waals surface area contributed by atoms with Gasteiger partial charge < -0.3 is 0 Å². The predicted octanol–water partition coefficient (Wildman–Crippen LogP) is 3.34. The molecule has 1 aromatic carbocycles. The fourth-order valence-electron chi connectivity index (χ4n) is 2.91. The Labute approximate surface area is 135 Å². The summed E-state index contributed by atoms with van der Waals surface area (Å²) in [6, 6.07) is 7.39. The van der Waals surface area contributed by atoms with Crippen LogP contribution in [0, 0.1) is 6.92 Å². The molecule has 3 nitrogen and oxygen atoms in total. The van der Waals surface area contributed by atoms with Crippen molar-refractivity contribution in [3.8, 4) is 0 Å². The number of benzene rings is 1. The van der Waals surface area contributed by atoms with Crippen LogP contribution >= 0.6 is 23.5 Å². The molecule has 0 saturated carbocycles. The number of thioether (sulfide) groups is 2. The molecule has 0 N–H and O–H groups in total. The Morgan fingerprint density at radius 3 is 2.43 bits per heavy atom. The molecule has 3 rings (SSSR count). The Morgan fingerprint density at radius 1 is 1.10 bits per heavy atom. The third-order valence-electron chi connectivity index (χ3n) is 4.04.